The van der Waals surface area contributed by atoms with Crippen LogP contribution < -0.4 is 5.32 Å². The third kappa shape index (κ3) is 6.55. The zero-order chi connectivity index (χ0) is 12.9. The summed E-state index contributed by atoms with van der Waals surface area (Å²) in [4.78, 5) is 1.39. The van der Waals surface area contributed by atoms with Crippen LogP contribution in [0.1, 0.15) is 32.6 Å². The van der Waals surface area contributed by atoms with Gasteiger partial charge in [-0.2, -0.15) is 0 Å². The molecule has 98 valence electrons. The molecule has 0 saturated carbocycles. The smallest absolute Gasteiger partial charge is 0.0630 e. The maximum absolute atomic E-state index is 5.85. The molecule has 1 N–H and O–H groups in total. The Labute approximate surface area is 117 Å². The quantitative estimate of drug-likeness (QED) is 0.860. The van der Waals surface area contributed by atoms with Crippen molar-refractivity contribution in [3.8, 4) is 0 Å². The first kappa shape index (κ1) is 15.2. The summed E-state index contributed by atoms with van der Waals surface area (Å²) < 4.78 is 7.02. The monoisotopic (exact) mass is 319 g/mol. The lowest BCUT2D eigenvalue weighted by atomic mass is 10.1. The van der Waals surface area contributed by atoms with Crippen molar-refractivity contribution >= 4 is 27.3 Å². The average molecular weight is 320 g/mol. The molecule has 1 aromatic heterocycles. The van der Waals surface area contributed by atoms with Gasteiger partial charge in [-0.25, -0.2) is 0 Å². The molecule has 0 aliphatic heterocycles. The van der Waals surface area contributed by atoms with Gasteiger partial charge in [-0.15, -0.1) is 11.3 Å². The van der Waals surface area contributed by atoms with E-state index in [2.05, 4.69) is 60.4 Å². The van der Waals surface area contributed by atoms with Crippen LogP contribution in [0.3, 0.4) is 0 Å². The van der Waals surface area contributed by atoms with E-state index < -0.39 is 0 Å². The molecule has 1 aromatic rings. The fourth-order valence-corrected chi connectivity index (χ4v) is 3.07. The molecule has 0 aliphatic carbocycles. The Morgan fingerprint density at radius 3 is 2.65 bits per heavy atom. The van der Waals surface area contributed by atoms with E-state index in [1.165, 1.54) is 9.35 Å². The largest absolute Gasteiger partial charge is 0.374 e. The number of hydrogen-bond acceptors (Lipinski definition) is 3. The first-order valence-corrected chi connectivity index (χ1v) is 7.68. The van der Waals surface area contributed by atoms with E-state index >= 15 is 0 Å². The summed E-state index contributed by atoms with van der Waals surface area (Å²) in [6.07, 6.45) is 1.03. The molecule has 0 saturated heterocycles. The molecule has 0 bridgehead atoms. The van der Waals surface area contributed by atoms with Crippen LogP contribution in [0, 0.1) is 0 Å². The minimum absolute atomic E-state index is 0.0658. The van der Waals surface area contributed by atoms with Gasteiger partial charge < -0.3 is 10.1 Å². The van der Waals surface area contributed by atoms with Crippen molar-refractivity contribution in [2.24, 2.45) is 0 Å². The molecule has 0 aliphatic rings. The van der Waals surface area contributed by atoms with Crippen LogP contribution in [-0.4, -0.2) is 24.8 Å². The van der Waals surface area contributed by atoms with Gasteiger partial charge in [0.25, 0.3) is 0 Å². The molecule has 0 spiro atoms. The number of ether oxygens (including phenoxy) is 1. The van der Waals surface area contributed by atoms with Crippen molar-refractivity contribution < 1.29 is 4.74 Å². The van der Waals surface area contributed by atoms with Gasteiger partial charge >= 0.3 is 0 Å². The van der Waals surface area contributed by atoms with E-state index in [1.54, 1.807) is 11.3 Å². The predicted molar refractivity (Wildman–Crippen MR) is 78.9 cm³/mol. The second kappa shape index (κ2) is 6.88. The second-order valence-electron chi connectivity index (χ2n) is 5.11. The first-order valence-electron chi connectivity index (χ1n) is 6.01. The van der Waals surface area contributed by atoms with E-state index in [4.69, 9.17) is 4.74 Å². The van der Waals surface area contributed by atoms with Crippen molar-refractivity contribution in [3.05, 3.63) is 20.8 Å². The van der Waals surface area contributed by atoms with Crippen molar-refractivity contribution in [2.75, 3.05) is 13.2 Å². The lowest BCUT2D eigenvalue weighted by molar-refractivity contribution is -0.0140. The van der Waals surface area contributed by atoms with E-state index in [0.29, 0.717) is 6.04 Å². The summed E-state index contributed by atoms with van der Waals surface area (Å²) in [6.45, 7) is 10.2. The molecule has 0 aromatic carbocycles. The average Bonchev–Trinajstić information content (AvgIpc) is 2.60. The van der Waals surface area contributed by atoms with Crippen LogP contribution in [0.2, 0.25) is 0 Å². The summed E-state index contributed by atoms with van der Waals surface area (Å²) in [6, 6.07) is 2.58. The molecule has 1 heterocycles. The van der Waals surface area contributed by atoms with E-state index in [0.717, 1.165) is 19.6 Å². The number of thiophene rings is 1. The van der Waals surface area contributed by atoms with Gasteiger partial charge in [-0.05, 0) is 55.7 Å². The van der Waals surface area contributed by atoms with Crippen LogP contribution >= 0.6 is 27.3 Å². The number of halogens is 1. The SMILES string of the molecule is CCNC(COC(C)(C)C)Cc1cc(Br)cs1. The molecular formula is C13H22BrNOS. The van der Waals surface area contributed by atoms with Crippen LogP contribution in [0.4, 0.5) is 0 Å². The highest BCUT2D eigenvalue weighted by Gasteiger charge is 2.15. The van der Waals surface area contributed by atoms with Gasteiger partial charge in [0.15, 0.2) is 0 Å². The predicted octanol–water partition coefficient (Wildman–Crippen LogP) is 3.85. The first-order chi connectivity index (χ1) is 7.90. The Balaban J connectivity index is 2.48. The number of hydrogen-bond donors (Lipinski definition) is 1. The van der Waals surface area contributed by atoms with Crippen LogP contribution in [0.15, 0.2) is 15.9 Å². The summed E-state index contributed by atoms with van der Waals surface area (Å²) in [7, 11) is 0. The van der Waals surface area contributed by atoms with Gasteiger partial charge in [0.05, 0.1) is 12.2 Å². The van der Waals surface area contributed by atoms with Crippen molar-refractivity contribution in [2.45, 2.75) is 45.8 Å². The molecule has 1 unspecified atom stereocenters. The van der Waals surface area contributed by atoms with Crippen LogP contribution in [0.5, 0.6) is 0 Å². The van der Waals surface area contributed by atoms with Crippen molar-refractivity contribution in [1.82, 2.24) is 5.32 Å². The van der Waals surface area contributed by atoms with E-state index in [9.17, 15) is 0 Å². The van der Waals surface area contributed by atoms with Crippen molar-refractivity contribution in [3.63, 3.8) is 0 Å². The molecule has 0 radical (unpaired) electrons. The molecule has 17 heavy (non-hydrogen) atoms. The summed E-state index contributed by atoms with van der Waals surface area (Å²) in [5.41, 5.74) is -0.0658. The van der Waals surface area contributed by atoms with Gasteiger partial charge in [-0.3, -0.25) is 0 Å². The number of likely N-dealkylation sites (N-methyl/N-ethyl adjacent to an activating group) is 1. The maximum Gasteiger partial charge on any atom is 0.0630 e. The third-order valence-corrected chi connectivity index (χ3v) is 4.00. The maximum atomic E-state index is 5.85. The molecule has 0 amide bonds. The normalized spacial score (nSPS) is 13.9. The zero-order valence-corrected chi connectivity index (χ0v) is 13.5. The molecule has 1 atom stereocenters. The van der Waals surface area contributed by atoms with Gasteiger partial charge in [0, 0.05) is 20.8 Å². The molecule has 0 fully saturated rings. The Morgan fingerprint density at radius 1 is 1.47 bits per heavy atom. The second-order valence-corrected chi connectivity index (χ2v) is 7.02. The minimum Gasteiger partial charge on any atom is -0.374 e. The lowest BCUT2D eigenvalue weighted by Gasteiger charge is -2.24. The molecule has 2 nitrogen and oxygen atoms in total. The summed E-state index contributed by atoms with van der Waals surface area (Å²) >= 11 is 5.29. The van der Waals surface area contributed by atoms with Gasteiger partial charge in [0.1, 0.15) is 0 Å². The summed E-state index contributed by atoms with van der Waals surface area (Å²) in [5, 5.41) is 5.61. The Morgan fingerprint density at radius 2 is 2.18 bits per heavy atom. The summed E-state index contributed by atoms with van der Waals surface area (Å²) in [5.74, 6) is 0. The fourth-order valence-electron chi connectivity index (χ4n) is 1.53. The Bertz CT molecular complexity index is 332. The van der Waals surface area contributed by atoms with Crippen LogP contribution in [0.25, 0.3) is 0 Å². The standard InChI is InChI=1S/C13H22BrNOS/c1-5-15-11(8-16-13(2,3)4)7-12-6-10(14)9-17-12/h6,9,11,15H,5,7-8H2,1-4H3. The molecule has 4 heteroatoms. The van der Waals surface area contributed by atoms with Crippen molar-refractivity contribution in [1.29, 1.82) is 0 Å². The molecular weight excluding hydrogens is 298 g/mol. The minimum atomic E-state index is -0.0658. The number of nitrogens with one attached hydrogen (secondary N) is 1. The fraction of sp³-hybridized carbons (Fsp3) is 0.692. The Hall–Kier alpha value is 0.1000. The highest BCUT2D eigenvalue weighted by atomic mass is 79.9. The molecule has 1 rings (SSSR count). The van der Waals surface area contributed by atoms with Crippen LogP contribution in [-0.2, 0) is 11.2 Å². The lowest BCUT2D eigenvalue weighted by Crippen LogP contribution is -2.38. The third-order valence-electron chi connectivity index (χ3n) is 2.28. The van der Waals surface area contributed by atoms with E-state index in [1.807, 2.05) is 0 Å². The highest BCUT2D eigenvalue weighted by molar-refractivity contribution is 9.10. The number of rotatable bonds is 6. The van der Waals surface area contributed by atoms with E-state index in [-0.39, 0.29) is 5.60 Å². The topological polar surface area (TPSA) is 21.3 Å². The highest BCUT2D eigenvalue weighted by Crippen LogP contribution is 2.21. The Kier molecular flexibility index (Phi) is 6.13. The van der Waals surface area contributed by atoms with Gasteiger partial charge in [-0.1, -0.05) is 6.92 Å². The zero-order valence-electron chi connectivity index (χ0n) is 11.0. The van der Waals surface area contributed by atoms with Gasteiger partial charge in [0.2, 0.25) is 0 Å².